The predicted octanol–water partition coefficient (Wildman–Crippen LogP) is 1.12. The van der Waals surface area contributed by atoms with Crippen molar-refractivity contribution in [2.75, 3.05) is 42.6 Å². The summed E-state index contributed by atoms with van der Waals surface area (Å²) in [7, 11) is 0. The minimum atomic E-state index is -0.532. The van der Waals surface area contributed by atoms with E-state index < -0.39 is 12.2 Å². The zero-order valence-electron chi connectivity index (χ0n) is 13.9. The van der Waals surface area contributed by atoms with E-state index in [0.29, 0.717) is 23.9 Å². The van der Waals surface area contributed by atoms with Crippen LogP contribution in [0.15, 0.2) is 18.2 Å². The first-order chi connectivity index (χ1) is 12.0. The number of hydrogen-bond acceptors (Lipinski definition) is 5. The topological polar surface area (TPSA) is 71.1 Å². The Morgan fingerprint density at radius 3 is 2.92 bits per heavy atom. The number of nitrogens with one attached hydrogen (secondary N) is 1. The largest absolute Gasteiger partial charge is 0.442 e. The number of halogens is 1. The predicted molar refractivity (Wildman–Crippen MR) is 88.1 cm³/mol. The Hall–Kier alpha value is -2.35. The van der Waals surface area contributed by atoms with Gasteiger partial charge in [0.05, 0.1) is 43.7 Å². The summed E-state index contributed by atoms with van der Waals surface area (Å²) in [5.74, 6) is -0.0585. The van der Waals surface area contributed by atoms with E-state index in [1.807, 2.05) is 4.90 Å². The molecule has 2 amide bonds. The summed E-state index contributed by atoms with van der Waals surface area (Å²) in [4.78, 5) is 26.4. The van der Waals surface area contributed by atoms with Crippen LogP contribution in [0.2, 0.25) is 0 Å². The van der Waals surface area contributed by atoms with Crippen molar-refractivity contribution in [1.29, 1.82) is 0 Å². The molecule has 3 atom stereocenters. The van der Waals surface area contributed by atoms with Crippen molar-refractivity contribution < 1.29 is 23.5 Å². The first-order valence-corrected chi connectivity index (χ1v) is 8.39. The molecule has 1 aromatic carbocycles. The Bertz CT molecular complexity index is 713. The minimum absolute atomic E-state index is 0.186. The second kappa shape index (κ2) is 6.18. The Balaban J connectivity index is 1.45. The Labute approximate surface area is 144 Å². The highest BCUT2D eigenvalue weighted by Gasteiger charge is 2.44. The smallest absolute Gasteiger partial charge is 0.414 e. The van der Waals surface area contributed by atoms with Crippen molar-refractivity contribution in [3.63, 3.8) is 0 Å². The zero-order valence-corrected chi connectivity index (χ0v) is 13.9. The highest BCUT2D eigenvalue weighted by molar-refractivity contribution is 5.90. The van der Waals surface area contributed by atoms with E-state index in [2.05, 4.69) is 5.32 Å². The molecule has 4 rings (SSSR count). The number of carbonyl (C=O) groups excluding carboxylic acids is 2. The van der Waals surface area contributed by atoms with Crippen LogP contribution >= 0.6 is 0 Å². The maximum atomic E-state index is 14.6. The monoisotopic (exact) mass is 349 g/mol. The summed E-state index contributed by atoms with van der Waals surface area (Å²) in [6.07, 6.45) is -0.971. The van der Waals surface area contributed by atoms with Gasteiger partial charge in [-0.05, 0) is 18.2 Å². The molecule has 0 saturated carbocycles. The normalized spacial score (nSPS) is 27.8. The molecule has 25 heavy (non-hydrogen) atoms. The third kappa shape index (κ3) is 2.90. The summed E-state index contributed by atoms with van der Waals surface area (Å²) in [6, 6.07) is 5.04. The molecule has 3 heterocycles. The summed E-state index contributed by atoms with van der Waals surface area (Å²) in [6.45, 7) is 4.10. The van der Waals surface area contributed by atoms with Crippen molar-refractivity contribution in [3.05, 3.63) is 24.0 Å². The molecule has 0 bridgehead atoms. The molecule has 2 unspecified atom stereocenters. The maximum absolute atomic E-state index is 14.6. The lowest BCUT2D eigenvalue weighted by molar-refractivity contribution is -0.119. The number of benzene rings is 1. The molecule has 134 valence electrons. The lowest BCUT2D eigenvalue weighted by Crippen LogP contribution is -2.56. The molecule has 0 radical (unpaired) electrons. The third-order valence-corrected chi connectivity index (χ3v) is 5.00. The summed E-state index contributed by atoms with van der Waals surface area (Å²) in [5.41, 5.74) is 0.995. The summed E-state index contributed by atoms with van der Waals surface area (Å²) in [5, 5.41) is 2.62. The number of hydrogen-bond donors (Lipinski definition) is 1. The Kier molecular flexibility index (Phi) is 3.99. The maximum Gasteiger partial charge on any atom is 0.414 e. The van der Waals surface area contributed by atoms with Gasteiger partial charge in [-0.15, -0.1) is 0 Å². The van der Waals surface area contributed by atoms with Gasteiger partial charge in [0.2, 0.25) is 5.91 Å². The van der Waals surface area contributed by atoms with Gasteiger partial charge in [-0.2, -0.15) is 0 Å². The van der Waals surface area contributed by atoms with E-state index in [1.54, 1.807) is 12.1 Å². The zero-order chi connectivity index (χ0) is 17.6. The lowest BCUT2D eigenvalue weighted by Gasteiger charge is -2.44. The van der Waals surface area contributed by atoms with E-state index in [0.717, 1.165) is 13.2 Å². The first-order valence-electron chi connectivity index (χ1n) is 8.39. The van der Waals surface area contributed by atoms with Crippen LogP contribution in [0.1, 0.15) is 6.92 Å². The second-order valence-electron chi connectivity index (χ2n) is 6.71. The molecular weight excluding hydrogens is 329 g/mol. The van der Waals surface area contributed by atoms with Gasteiger partial charge in [0, 0.05) is 19.4 Å². The van der Waals surface area contributed by atoms with Gasteiger partial charge in [0.15, 0.2) is 0 Å². The second-order valence-corrected chi connectivity index (χ2v) is 6.71. The summed E-state index contributed by atoms with van der Waals surface area (Å²) >= 11 is 0. The van der Waals surface area contributed by atoms with E-state index in [4.69, 9.17) is 9.47 Å². The van der Waals surface area contributed by atoms with E-state index >= 15 is 0 Å². The minimum Gasteiger partial charge on any atom is -0.442 e. The lowest BCUT2D eigenvalue weighted by atomic mass is 9.91. The van der Waals surface area contributed by atoms with Crippen LogP contribution in [0.4, 0.5) is 20.6 Å². The molecule has 3 fully saturated rings. The molecule has 3 aliphatic rings. The van der Waals surface area contributed by atoms with Gasteiger partial charge in [-0.3, -0.25) is 9.69 Å². The fourth-order valence-corrected chi connectivity index (χ4v) is 3.63. The molecule has 1 aromatic rings. The average Bonchev–Trinajstić information content (AvgIpc) is 3.10. The van der Waals surface area contributed by atoms with Crippen LogP contribution in [0, 0.1) is 11.7 Å². The van der Waals surface area contributed by atoms with E-state index in [9.17, 15) is 14.0 Å². The number of fused-ring (bicyclic) bond motifs is 1. The van der Waals surface area contributed by atoms with Crippen LogP contribution in [-0.2, 0) is 14.3 Å². The van der Waals surface area contributed by atoms with Crippen LogP contribution < -0.4 is 15.1 Å². The fourth-order valence-electron chi connectivity index (χ4n) is 3.63. The van der Waals surface area contributed by atoms with Crippen LogP contribution in [0.3, 0.4) is 0 Å². The average molecular weight is 349 g/mol. The van der Waals surface area contributed by atoms with Gasteiger partial charge in [-0.1, -0.05) is 0 Å². The third-order valence-electron chi connectivity index (χ3n) is 5.00. The van der Waals surface area contributed by atoms with Crippen molar-refractivity contribution >= 4 is 23.4 Å². The number of carbonyl (C=O) groups is 2. The molecule has 0 spiro atoms. The molecule has 0 aromatic heterocycles. The highest BCUT2D eigenvalue weighted by atomic mass is 19.1. The number of nitrogens with zero attached hydrogens (tertiary/aromatic N) is 2. The Morgan fingerprint density at radius 2 is 2.20 bits per heavy atom. The van der Waals surface area contributed by atoms with Crippen molar-refractivity contribution in [1.82, 2.24) is 5.32 Å². The van der Waals surface area contributed by atoms with Gasteiger partial charge in [0.1, 0.15) is 11.9 Å². The quantitative estimate of drug-likeness (QED) is 0.882. The van der Waals surface area contributed by atoms with Gasteiger partial charge < -0.3 is 19.7 Å². The van der Waals surface area contributed by atoms with Gasteiger partial charge in [-0.25, -0.2) is 9.18 Å². The van der Waals surface area contributed by atoms with E-state index in [1.165, 1.54) is 17.9 Å². The molecule has 3 aliphatic heterocycles. The molecular formula is C17H20FN3O4. The number of rotatable bonds is 4. The SMILES string of the molecule is CC(=O)NC[C@H]1CN(c2ccc(N3CC4COCC43)c(F)c2)C(=O)O1. The molecule has 7 nitrogen and oxygen atoms in total. The Morgan fingerprint density at radius 1 is 1.36 bits per heavy atom. The molecule has 8 heteroatoms. The number of anilines is 2. The first kappa shape index (κ1) is 16.1. The van der Waals surface area contributed by atoms with Crippen LogP contribution in [-0.4, -0.2) is 57.0 Å². The van der Waals surface area contributed by atoms with E-state index in [-0.39, 0.29) is 30.9 Å². The highest BCUT2D eigenvalue weighted by Crippen LogP contribution is 2.37. The van der Waals surface area contributed by atoms with Crippen molar-refractivity contribution in [2.45, 2.75) is 19.1 Å². The van der Waals surface area contributed by atoms with Gasteiger partial charge in [0.25, 0.3) is 0 Å². The van der Waals surface area contributed by atoms with Crippen LogP contribution in [0.5, 0.6) is 0 Å². The molecule has 1 N–H and O–H groups in total. The number of amides is 2. The number of cyclic esters (lactones) is 1. The van der Waals surface area contributed by atoms with Crippen LogP contribution in [0.25, 0.3) is 0 Å². The van der Waals surface area contributed by atoms with Crippen molar-refractivity contribution in [3.8, 4) is 0 Å². The fraction of sp³-hybridized carbons (Fsp3) is 0.529. The van der Waals surface area contributed by atoms with Gasteiger partial charge >= 0.3 is 6.09 Å². The number of ether oxygens (including phenoxy) is 2. The standard InChI is InChI=1S/C17H20FN3O4/c1-10(22)19-5-13-7-20(17(23)25-13)12-2-3-15(14(18)4-12)21-6-11-8-24-9-16(11)21/h2-4,11,13,16H,5-9H2,1H3,(H,19,22)/t11?,13-,16?/m0/s1. The molecule has 0 aliphatic carbocycles. The summed E-state index contributed by atoms with van der Waals surface area (Å²) < 4.78 is 25.2. The molecule has 3 saturated heterocycles. The van der Waals surface area contributed by atoms with Crippen molar-refractivity contribution in [2.24, 2.45) is 5.92 Å².